The lowest BCUT2D eigenvalue weighted by Crippen LogP contribution is -2.15. The number of nitrogens with one attached hydrogen (secondary N) is 1. The van der Waals surface area contributed by atoms with Crippen LogP contribution in [0.4, 0.5) is 5.69 Å². The maximum Gasteiger partial charge on any atom is 0.228 e. The van der Waals surface area contributed by atoms with Gasteiger partial charge in [-0.05, 0) is 43.7 Å². The molecule has 0 aliphatic heterocycles. The van der Waals surface area contributed by atoms with Gasteiger partial charge in [0.1, 0.15) is 0 Å². The van der Waals surface area contributed by atoms with Crippen molar-refractivity contribution in [3.05, 3.63) is 76.0 Å². The second-order valence-electron chi connectivity index (χ2n) is 5.64. The predicted molar refractivity (Wildman–Crippen MR) is 99.5 cm³/mol. The first-order chi connectivity index (χ1) is 11.5. The van der Waals surface area contributed by atoms with Gasteiger partial charge in [-0.1, -0.05) is 46.3 Å². The summed E-state index contributed by atoms with van der Waals surface area (Å²) in [6, 6.07) is 17.7. The van der Waals surface area contributed by atoms with E-state index in [9.17, 15) is 4.79 Å². The van der Waals surface area contributed by atoms with Crippen LogP contribution in [0.1, 0.15) is 17.0 Å². The van der Waals surface area contributed by atoms with Gasteiger partial charge < -0.3 is 5.32 Å². The van der Waals surface area contributed by atoms with E-state index in [2.05, 4.69) is 26.3 Å². The molecule has 0 unspecified atom stereocenters. The van der Waals surface area contributed by atoms with E-state index in [0.29, 0.717) is 6.42 Å². The highest BCUT2D eigenvalue weighted by molar-refractivity contribution is 9.10. The molecule has 3 aromatic rings. The Morgan fingerprint density at radius 1 is 1.08 bits per heavy atom. The molecule has 4 nitrogen and oxygen atoms in total. The first-order valence-corrected chi connectivity index (χ1v) is 8.50. The minimum absolute atomic E-state index is 0.0452. The molecule has 1 heterocycles. The molecule has 24 heavy (non-hydrogen) atoms. The monoisotopic (exact) mass is 383 g/mol. The maximum atomic E-state index is 12.4. The van der Waals surface area contributed by atoms with Crippen LogP contribution in [-0.4, -0.2) is 15.7 Å². The summed E-state index contributed by atoms with van der Waals surface area (Å²) in [5, 5.41) is 7.55. The molecular weight excluding hydrogens is 366 g/mol. The second-order valence-corrected chi connectivity index (χ2v) is 6.56. The van der Waals surface area contributed by atoms with Crippen molar-refractivity contribution in [2.75, 3.05) is 5.32 Å². The molecule has 1 amide bonds. The third kappa shape index (κ3) is 3.57. The quantitative estimate of drug-likeness (QED) is 0.723. The van der Waals surface area contributed by atoms with Crippen molar-refractivity contribution in [3.8, 4) is 5.69 Å². The van der Waals surface area contributed by atoms with E-state index >= 15 is 0 Å². The minimum atomic E-state index is -0.0452. The summed E-state index contributed by atoms with van der Waals surface area (Å²) in [5.74, 6) is -0.0452. The molecule has 3 rings (SSSR count). The van der Waals surface area contributed by atoms with E-state index in [1.54, 1.807) is 0 Å². The highest BCUT2D eigenvalue weighted by Crippen LogP contribution is 2.23. The Morgan fingerprint density at radius 2 is 1.75 bits per heavy atom. The molecular formula is C19H18BrN3O. The molecule has 0 aliphatic carbocycles. The van der Waals surface area contributed by atoms with Gasteiger partial charge in [-0.3, -0.25) is 4.79 Å². The number of aromatic nitrogens is 2. The van der Waals surface area contributed by atoms with Crippen LogP contribution in [0.2, 0.25) is 0 Å². The van der Waals surface area contributed by atoms with Crippen molar-refractivity contribution in [2.24, 2.45) is 0 Å². The Morgan fingerprint density at radius 3 is 2.42 bits per heavy atom. The van der Waals surface area contributed by atoms with E-state index in [-0.39, 0.29) is 5.91 Å². The molecule has 0 atom stereocenters. The van der Waals surface area contributed by atoms with Crippen LogP contribution in [0, 0.1) is 13.8 Å². The number of rotatable bonds is 4. The molecule has 0 fully saturated rings. The number of benzene rings is 2. The highest BCUT2D eigenvalue weighted by atomic mass is 79.9. The molecule has 5 heteroatoms. The number of nitrogens with zero attached hydrogens (tertiary/aromatic N) is 2. The zero-order chi connectivity index (χ0) is 17.1. The third-order valence-corrected chi connectivity index (χ3v) is 4.36. The van der Waals surface area contributed by atoms with E-state index in [1.807, 2.05) is 73.1 Å². The molecule has 122 valence electrons. The number of hydrogen-bond acceptors (Lipinski definition) is 2. The molecule has 0 saturated heterocycles. The fraction of sp³-hybridized carbons (Fsp3) is 0.158. The van der Waals surface area contributed by atoms with Crippen molar-refractivity contribution in [1.29, 1.82) is 0 Å². The lowest BCUT2D eigenvalue weighted by molar-refractivity contribution is -0.115. The Balaban J connectivity index is 1.79. The lowest BCUT2D eigenvalue weighted by atomic mass is 10.1. The molecule has 0 spiro atoms. The zero-order valence-corrected chi connectivity index (χ0v) is 15.2. The van der Waals surface area contributed by atoms with Crippen LogP contribution in [-0.2, 0) is 11.2 Å². The number of carbonyl (C=O) groups excluding carboxylic acids is 1. The predicted octanol–water partition coefficient (Wildman–Crippen LogP) is 4.43. The van der Waals surface area contributed by atoms with Gasteiger partial charge in [0.15, 0.2) is 0 Å². The molecule has 2 aromatic carbocycles. The molecule has 1 aromatic heterocycles. The van der Waals surface area contributed by atoms with Crippen LogP contribution in [0.3, 0.4) is 0 Å². The Bertz CT molecular complexity index is 854. The second kappa shape index (κ2) is 7.01. The molecule has 1 N–H and O–H groups in total. The van der Waals surface area contributed by atoms with Crippen molar-refractivity contribution in [2.45, 2.75) is 20.3 Å². The van der Waals surface area contributed by atoms with E-state index in [1.165, 1.54) is 0 Å². The fourth-order valence-electron chi connectivity index (χ4n) is 2.62. The largest absolute Gasteiger partial charge is 0.323 e. The molecule has 0 bridgehead atoms. The Labute approximate surface area is 149 Å². The summed E-state index contributed by atoms with van der Waals surface area (Å²) in [6.45, 7) is 3.87. The van der Waals surface area contributed by atoms with Crippen LogP contribution in [0.25, 0.3) is 5.69 Å². The summed E-state index contributed by atoms with van der Waals surface area (Å²) >= 11 is 3.40. The first kappa shape index (κ1) is 16.5. The summed E-state index contributed by atoms with van der Waals surface area (Å²) < 4.78 is 2.85. The first-order valence-electron chi connectivity index (χ1n) is 7.70. The summed E-state index contributed by atoms with van der Waals surface area (Å²) in [6.07, 6.45) is 0.336. The van der Waals surface area contributed by atoms with Crippen molar-refractivity contribution >= 4 is 27.5 Å². The highest BCUT2D eigenvalue weighted by Gasteiger charge is 2.15. The van der Waals surface area contributed by atoms with Gasteiger partial charge in [0.25, 0.3) is 0 Å². The van der Waals surface area contributed by atoms with Crippen molar-refractivity contribution in [1.82, 2.24) is 9.78 Å². The van der Waals surface area contributed by atoms with E-state index < -0.39 is 0 Å². The van der Waals surface area contributed by atoms with Gasteiger partial charge >= 0.3 is 0 Å². The normalized spacial score (nSPS) is 10.6. The number of anilines is 1. The van der Waals surface area contributed by atoms with Gasteiger partial charge in [-0.25, -0.2) is 4.68 Å². The van der Waals surface area contributed by atoms with Crippen LogP contribution >= 0.6 is 15.9 Å². The van der Waals surface area contributed by atoms with Crippen LogP contribution < -0.4 is 5.32 Å². The number of halogens is 1. The average Bonchev–Trinajstić information content (AvgIpc) is 2.86. The van der Waals surface area contributed by atoms with Crippen LogP contribution in [0.5, 0.6) is 0 Å². The number of hydrogen-bond donors (Lipinski definition) is 1. The van der Waals surface area contributed by atoms with Crippen molar-refractivity contribution in [3.63, 3.8) is 0 Å². The summed E-state index contributed by atoms with van der Waals surface area (Å²) in [5.41, 5.74) is 4.46. The SMILES string of the molecule is Cc1nn(-c2ccccc2)c(C)c1NC(=O)Cc1ccc(Br)cc1. The van der Waals surface area contributed by atoms with Crippen LogP contribution in [0.15, 0.2) is 59.1 Å². The van der Waals surface area contributed by atoms with E-state index in [0.717, 1.165) is 32.8 Å². The maximum absolute atomic E-state index is 12.4. The standard InChI is InChI=1S/C19H18BrN3O/c1-13-19(14(2)23(22-13)17-6-4-3-5-7-17)21-18(24)12-15-8-10-16(20)11-9-15/h3-11H,12H2,1-2H3,(H,21,24). The number of amides is 1. The zero-order valence-electron chi connectivity index (χ0n) is 13.6. The Kier molecular flexibility index (Phi) is 4.81. The van der Waals surface area contributed by atoms with Gasteiger partial charge in [0, 0.05) is 4.47 Å². The summed E-state index contributed by atoms with van der Waals surface area (Å²) in [7, 11) is 0. The molecule has 0 radical (unpaired) electrons. The van der Waals surface area contributed by atoms with Crippen molar-refractivity contribution < 1.29 is 4.79 Å². The topological polar surface area (TPSA) is 46.9 Å². The van der Waals surface area contributed by atoms with Gasteiger partial charge in [-0.15, -0.1) is 0 Å². The summed E-state index contributed by atoms with van der Waals surface area (Å²) in [4.78, 5) is 12.4. The van der Waals surface area contributed by atoms with Gasteiger partial charge in [0.2, 0.25) is 5.91 Å². The minimum Gasteiger partial charge on any atom is -0.323 e. The fourth-order valence-corrected chi connectivity index (χ4v) is 2.88. The smallest absolute Gasteiger partial charge is 0.228 e. The molecule has 0 aliphatic rings. The average molecular weight is 384 g/mol. The number of para-hydroxylation sites is 1. The Hall–Kier alpha value is -2.40. The number of carbonyl (C=O) groups is 1. The van der Waals surface area contributed by atoms with Gasteiger partial charge in [-0.2, -0.15) is 5.10 Å². The van der Waals surface area contributed by atoms with Gasteiger partial charge in [0.05, 0.1) is 29.2 Å². The number of aryl methyl sites for hydroxylation is 1. The van der Waals surface area contributed by atoms with E-state index in [4.69, 9.17) is 0 Å². The molecule has 0 saturated carbocycles. The third-order valence-electron chi connectivity index (χ3n) is 3.83. The lowest BCUT2D eigenvalue weighted by Gasteiger charge is -2.07.